The number of carbonyl (C=O) groups excluding carboxylic acids is 1. The van der Waals surface area contributed by atoms with Crippen molar-refractivity contribution in [3.63, 3.8) is 0 Å². The summed E-state index contributed by atoms with van der Waals surface area (Å²) in [5.74, 6) is -0.896. The van der Waals surface area contributed by atoms with Crippen LogP contribution >= 0.6 is 0 Å². The lowest BCUT2D eigenvalue weighted by Gasteiger charge is -2.35. The molecule has 0 radical (unpaired) electrons. The second-order valence-corrected chi connectivity index (χ2v) is 7.42. The van der Waals surface area contributed by atoms with Crippen molar-refractivity contribution in [3.05, 3.63) is 35.9 Å². The van der Waals surface area contributed by atoms with Crippen LogP contribution in [0.4, 0.5) is 0 Å². The van der Waals surface area contributed by atoms with Crippen LogP contribution in [0.25, 0.3) is 0 Å². The number of hydrogen-bond acceptors (Lipinski definition) is 4. The molecule has 2 aliphatic carbocycles. The lowest BCUT2D eigenvalue weighted by molar-refractivity contribution is -0.158. The molecular weight excluding hydrogens is 310 g/mol. The van der Waals surface area contributed by atoms with Gasteiger partial charge in [0.15, 0.2) is 0 Å². The maximum absolute atomic E-state index is 13.1. The highest BCUT2D eigenvalue weighted by atomic mass is 16.5. The van der Waals surface area contributed by atoms with Crippen LogP contribution in [0.15, 0.2) is 30.3 Å². The number of aliphatic hydroxyl groups is 1. The molecule has 2 heterocycles. The van der Waals surface area contributed by atoms with Crippen LogP contribution in [0, 0.1) is 23.7 Å². The van der Waals surface area contributed by atoms with E-state index >= 15 is 0 Å². The molecule has 2 saturated heterocycles. The van der Waals surface area contributed by atoms with E-state index in [-0.39, 0.29) is 42.1 Å². The molecule has 2 saturated carbocycles. The van der Waals surface area contributed by atoms with Gasteiger partial charge in [-0.1, -0.05) is 30.3 Å². The molecule has 1 aromatic carbocycles. The summed E-state index contributed by atoms with van der Waals surface area (Å²) < 4.78 is 6.07. The van der Waals surface area contributed by atoms with Crippen molar-refractivity contribution >= 4 is 11.9 Å². The Bertz CT molecular complexity index is 707. The molecule has 1 amide bonds. The SMILES string of the molecule is O=C(O)CC(c1ccccc1)N1C(=O)C2C3CC4C(OC1C42)C3O. The molecule has 5 rings (SSSR count). The zero-order valence-corrected chi connectivity index (χ0v) is 13.0. The monoisotopic (exact) mass is 329 g/mol. The fraction of sp³-hybridized carbons (Fsp3) is 0.556. The fourth-order valence-electron chi connectivity index (χ4n) is 5.64. The van der Waals surface area contributed by atoms with E-state index in [1.807, 2.05) is 30.3 Å². The molecular formula is C18H19NO5. The predicted octanol–water partition coefficient (Wildman–Crippen LogP) is 1.01. The van der Waals surface area contributed by atoms with Gasteiger partial charge in [-0.05, 0) is 23.8 Å². The van der Waals surface area contributed by atoms with Gasteiger partial charge in [0.1, 0.15) is 6.23 Å². The molecule has 2 aliphatic heterocycles. The first kappa shape index (κ1) is 14.4. The third-order valence-corrected chi connectivity index (χ3v) is 6.44. The van der Waals surface area contributed by atoms with E-state index in [4.69, 9.17) is 4.74 Å². The number of likely N-dealkylation sites (tertiary alicyclic amines) is 1. The van der Waals surface area contributed by atoms with Gasteiger partial charge in [0.2, 0.25) is 5.91 Å². The highest BCUT2D eigenvalue weighted by molar-refractivity contribution is 5.84. The highest BCUT2D eigenvalue weighted by Crippen LogP contribution is 2.64. The first-order valence-corrected chi connectivity index (χ1v) is 8.50. The van der Waals surface area contributed by atoms with Crippen molar-refractivity contribution in [2.45, 2.75) is 37.3 Å². The summed E-state index contributed by atoms with van der Waals surface area (Å²) in [5.41, 5.74) is 0.814. The number of rotatable bonds is 4. The highest BCUT2D eigenvalue weighted by Gasteiger charge is 2.73. The molecule has 126 valence electrons. The second-order valence-electron chi connectivity index (χ2n) is 7.42. The Labute approximate surface area is 139 Å². The topological polar surface area (TPSA) is 87.1 Å². The van der Waals surface area contributed by atoms with Crippen LogP contribution in [0.5, 0.6) is 0 Å². The van der Waals surface area contributed by atoms with Crippen LogP contribution in [-0.4, -0.2) is 45.4 Å². The minimum absolute atomic E-state index is 0.0336. The minimum Gasteiger partial charge on any atom is -0.481 e. The number of aliphatic hydroxyl groups excluding tert-OH is 1. The van der Waals surface area contributed by atoms with Gasteiger partial charge in [0.05, 0.1) is 30.6 Å². The van der Waals surface area contributed by atoms with E-state index < -0.39 is 24.3 Å². The Morgan fingerprint density at radius 3 is 2.75 bits per heavy atom. The minimum atomic E-state index is -0.937. The van der Waals surface area contributed by atoms with Crippen LogP contribution in [0.3, 0.4) is 0 Å². The molecule has 6 nitrogen and oxygen atoms in total. The number of fused-ring (bicyclic) bond motifs is 2. The number of carboxylic acid groups (broad SMARTS) is 1. The van der Waals surface area contributed by atoms with Crippen LogP contribution < -0.4 is 0 Å². The number of amides is 1. The van der Waals surface area contributed by atoms with Crippen molar-refractivity contribution in [1.29, 1.82) is 0 Å². The first-order chi connectivity index (χ1) is 11.6. The zero-order chi connectivity index (χ0) is 16.6. The summed E-state index contributed by atoms with van der Waals surface area (Å²) in [4.78, 5) is 26.2. The normalized spacial score (nSPS) is 42.8. The summed E-state index contributed by atoms with van der Waals surface area (Å²) >= 11 is 0. The van der Waals surface area contributed by atoms with E-state index in [1.54, 1.807) is 4.90 Å². The number of carboxylic acids is 1. The van der Waals surface area contributed by atoms with Crippen molar-refractivity contribution < 1.29 is 24.5 Å². The van der Waals surface area contributed by atoms with Crippen molar-refractivity contribution in [2.24, 2.45) is 23.7 Å². The standard InChI is InChI=1S/C18H19NO5/c20-12(21)7-11(8-4-2-1-3-5-8)19-17(23)13-9-6-10-14(13)18(19)24-16(10)15(9)22/h1-5,9-11,13-16,18,22H,6-7H2,(H,20,21). The molecule has 24 heavy (non-hydrogen) atoms. The third-order valence-electron chi connectivity index (χ3n) is 6.44. The molecule has 4 fully saturated rings. The Hall–Kier alpha value is -1.92. The summed E-state index contributed by atoms with van der Waals surface area (Å²) in [6, 6.07) is 8.77. The summed E-state index contributed by atoms with van der Waals surface area (Å²) in [7, 11) is 0. The molecule has 0 aromatic heterocycles. The number of hydrogen-bond donors (Lipinski definition) is 2. The summed E-state index contributed by atoms with van der Waals surface area (Å²) in [5, 5.41) is 19.7. The van der Waals surface area contributed by atoms with Crippen molar-refractivity contribution in [2.75, 3.05) is 0 Å². The van der Waals surface area contributed by atoms with Gasteiger partial charge in [0, 0.05) is 5.92 Å². The Morgan fingerprint density at radius 2 is 2.04 bits per heavy atom. The van der Waals surface area contributed by atoms with Gasteiger partial charge in [0.25, 0.3) is 0 Å². The van der Waals surface area contributed by atoms with E-state index in [1.165, 1.54) is 0 Å². The van der Waals surface area contributed by atoms with E-state index in [2.05, 4.69) is 0 Å². The van der Waals surface area contributed by atoms with Crippen molar-refractivity contribution in [3.8, 4) is 0 Å². The fourth-order valence-corrected chi connectivity index (χ4v) is 5.64. The quantitative estimate of drug-likeness (QED) is 0.861. The first-order valence-electron chi connectivity index (χ1n) is 8.50. The molecule has 8 unspecified atom stereocenters. The van der Waals surface area contributed by atoms with E-state index in [9.17, 15) is 19.8 Å². The molecule has 2 N–H and O–H groups in total. The largest absolute Gasteiger partial charge is 0.481 e. The van der Waals surface area contributed by atoms with E-state index in [0.717, 1.165) is 12.0 Å². The van der Waals surface area contributed by atoms with Gasteiger partial charge >= 0.3 is 5.97 Å². The number of carbonyl (C=O) groups is 2. The Kier molecular flexibility index (Phi) is 2.89. The molecule has 6 heteroatoms. The Balaban J connectivity index is 1.54. The molecule has 4 aliphatic rings. The number of aliphatic carboxylic acids is 1. The summed E-state index contributed by atoms with van der Waals surface area (Å²) in [6.45, 7) is 0. The van der Waals surface area contributed by atoms with Crippen LogP contribution in [0.2, 0.25) is 0 Å². The molecule has 0 spiro atoms. The smallest absolute Gasteiger partial charge is 0.305 e. The maximum atomic E-state index is 13.1. The van der Waals surface area contributed by atoms with Gasteiger partial charge in [-0.3, -0.25) is 9.59 Å². The van der Waals surface area contributed by atoms with Crippen molar-refractivity contribution in [1.82, 2.24) is 4.90 Å². The lowest BCUT2D eigenvalue weighted by atomic mass is 9.80. The van der Waals surface area contributed by atoms with Gasteiger partial charge in [-0.2, -0.15) is 0 Å². The number of benzene rings is 1. The van der Waals surface area contributed by atoms with E-state index in [0.29, 0.717) is 0 Å². The maximum Gasteiger partial charge on any atom is 0.305 e. The van der Waals surface area contributed by atoms with Gasteiger partial charge in [-0.25, -0.2) is 0 Å². The zero-order valence-electron chi connectivity index (χ0n) is 13.0. The lowest BCUT2D eigenvalue weighted by Crippen LogP contribution is -2.45. The molecule has 1 aromatic rings. The van der Waals surface area contributed by atoms with Crippen LogP contribution in [-0.2, 0) is 14.3 Å². The van der Waals surface area contributed by atoms with Crippen LogP contribution in [0.1, 0.15) is 24.4 Å². The van der Waals surface area contributed by atoms with Gasteiger partial charge < -0.3 is 19.8 Å². The average Bonchev–Trinajstić information content (AvgIpc) is 3.24. The average molecular weight is 329 g/mol. The second kappa shape index (κ2) is 4.80. The van der Waals surface area contributed by atoms with Gasteiger partial charge in [-0.15, -0.1) is 0 Å². The number of nitrogens with zero attached hydrogens (tertiary/aromatic N) is 1. The molecule has 2 bridgehead atoms. The number of ether oxygens (including phenoxy) is 1. The summed E-state index contributed by atoms with van der Waals surface area (Å²) in [6.07, 6.45) is -0.437. The third kappa shape index (κ3) is 1.67. The molecule has 8 atom stereocenters. The Morgan fingerprint density at radius 1 is 1.29 bits per heavy atom. The predicted molar refractivity (Wildman–Crippen MR) is 81.5 cm³/mol.